The zero-order valence-corrected chi connectivity index (χ0v) is 19.1. The van der Waals surface area contributed by atoms with Crippen LogP contribution in [0.1, 0.15) is 6.42 Å². The molecule has 0 aliphatic carbocycles. The van der Waals surface area contributed by atoms with E-state index in [4.69, 9.17) is 0 Å². The van der Waals surface area contributed by atoms with Crippen LogP contribution in [0.2, 0.25) is 0 Å². The smallest absolute Gasteiger partial charge is 0.238 e. The van der Waals surface area contributed by atoms with E-state index < -0.39 is 17.5 Å². The topological polar surface area (TPSA) is 65.5 Å². The number of amides is 2. The number of thioether (sulfide) groups is 1. The van der Waals surface area contributed by atoms with Crippen LogP contribution in [-0.4, -0.2) is 65.1 Å². The molecule has 2 amide bonds. The minimum Gasteiger partial charge on any atom is -0.341 e. The number of hydrogen-bond acceptors (Lipinski definition) is 5. The Morgan fingerprint density at radius 3 is 2.59 bits per heavy atom. The zero-order chi connectivity index (χ0) is 24.1. The third-order valence-corrected chi connectivity index (χ3v) is 6.59. The second-order valence-corrected chi connectivity index (χ2v) is 8.96. The summed E-state index contributed by atoms with van der Waals surface area (Å²) in [4.78, 5) is 33.8. The van der Waals surface area contributed by atoms with Crippen molar-refractivity contribution in [1.82, 2.24) is 14.8 Å². The van der Waals surface area contributed by atoms with Gasteiger partial charge in [-0.3, -0.25) is 19.5 Å². The lowest BCUT2D eigenvalue weighted by atomic mass is 10.2. The van der Waals surface area contributed by atoms with E-state index in [-0.39, 0.29) is 29.7 Å². The highest BCUT2D eigenvalue weighted by Crippen LogP contribution is 2.27. The van der Waals surface area contributed by atoms with Crippen molar-refractivity contribution in [1.29, 1.82) is 0 Å². The highest BCUT2D eigenvalue weighted by Gasteiger charge is 2.21. The SMILES string of the molecule is O=C(CN1CCCN(C(=O)CSc2ccnc3ccc(F)cc23)CC1)Nc1ccc(F)cc1F. The largest absolute Gasteiger partial charge is 0.341 e. The first-order valence-corrected chi connectivity index (χ1v) is 11.8. The van der Waals surface area contributed by atoms with Gasteiger partial charge in [0, 0.05) is 48.7 Å². The van der Waals surface area contributed by atoms with Crippen molar-refractivity contribution in [2.45, 2.75) is 11.3 Å². The van der Waals surface area contributed by atoms with E-state index in [1.54, 1.807) is 23.2 Å². The number of anilines is 1. The first-order valence-electron chi connectivity index (χ1n) is 10.8. The van der Waals surface area contributed by atoms with Gasteiger partial charge in [-0.15, -0.1) is 11.8 Å². The fourth-order valence-corrected chi connectivity index (χ4v) is 4.75. The molecule has 0 saturated carbocycles. The summed E-state index contributed by atoms with van der Waals surface area (Å²) in [5.74, 6) is -2.13. The Kier molecular flexibility index (Phi) is 7.69. The molecule has 1 N–H and O–H groups in total. The molecule has 1 aromatic heterocycles. The van der Waals surface area contributed by atoms with Crippen molar-refractivity contribution in [2.75, 3.05) is 43.8 Å². The number of benzene rings is 2. The lowest BCUT2D eigenvalue weighted by Crippen LogP contribution is -2.38. The maximum Gasteiger partial charge on any atom is 0.238 e. The predicted octanol–water partition coefficient (Wildman–Crippen LogP) is 3.92. The molecule has 178 valence electrons. The molecule has 34 heavy (non-hydrogen) atoms. The van der Waals surface area contributed by atoms with Crippen LogP contribution in [0.25, 0.3) is 10.9 Å². The Hall–Kier alpha value is -3.11. The van der Waals surface area contributed by atoms with E-state index >= 15 is 0 Å². The molecule has 0 bridgehead atoms. The molecule has 3 aromatic rings. The van der Waals surface area contributed by atoms with E-state index in [0.29, 0.717) is 49.6 Å². The summed E-state index contributed by atoms with van der Waals surface area (Å²) in [6.45, 7) is 2.19. The molecule has 1 saturated heterocycles. The third kappa shape index (κ3) is 6.06. The molecule has 0 unspecified atom stereocenters. The van der Waals surface area contributed by atoms with Crippen LogP contribution in [0.4, 0.5) is 18.9 Å². The number of pyridine rings is 1. The van der Waals surface area contributed by atoms with Crippen LogP contribution in [0.5, 0.6) is 0 Å². The first kappa shape index (κ1) is 24.0. The molecule has 2 aromatic carbocycles. The van der Waals surface area contributed by atoms with Gasteiger partial charge in [-0.05, 0) is 42.8 Å². The molecule has 2 heterocycles. The molecule has 0 spiro atoms. The van der Waals surface area contributed by atoms with E-state index in [1.165, 1.54) is 30.0 Å². The Morgan fingerprint density at radius 1 is 0.971 bits per heavy atom. The fraction of sp³-hybridized carbons (Fsp3) is 0.292. The number of carbonyl (C=O) groups excluding carboxylic acids is 2. The van der Waals surface area contributed by atoms with Gasteiger partial charge in [0.25, 0.3) is 0 Å². The quantitative estimate of drug-likeness (QED) is 0.533. The number of fused-ring (bicyclic) bond motifs is 1. The molecule has 1 aliphatic heterocycles. The Bertz CT molecular complexity index is 1210. The van der Waals surface area contributed by atoms with Crippen molar-refractivity contribution in [3.63, 3.8) is 0 Å². The van der Waals surface area contributed by atoms with E-state index in [0.717, 1.165) is 11.0 Å². The Morgan fingerprint density at radius 2 is 1.76 bits per heavy atom. The van der Waals surface area contributed by atoms with Crippen LogP contribution in [0.15, 0.2) is 53.6 Å². The van der Waals surface area contributed by atoms with Crippen molar-refractivity contribution < 1.29 is 22.8 Å². The van der Waals surface area contributed by atoms with Gasteiger partial charge in [0.05, 0.1) is 23.5 Å². The van der Waals surface area contributed by atoms with E-state index in [9.17, 15) is 22.8 Å². The molecule has 1 fully saturated rings. The fourth-order valence-electron chi connectivity index (χ4n) is 3.81. The van der Waals surface area contributed by atoms with Crippen molar-refractivity contribution in [3.8, 4) is 0 Å². The van der Waals surface area contributed by atoms with Crippen LogP contribution < -0.4 is 5.32 Å². The van der Waals surface area contributed by atoms with Crippen LogP contribution >= 0.6 is 11.8 Å². The van der Waals surface area contributed by atoms with Gasteiger partial charge in [-0.25, -0.2) is 13.2 Å². The van der Waals surface area contributed by atoms with E-state index in [2.05, 4.69) is 10.3 Å². The molecule has 1 aliphatic rings. The summed E-state index contributed by atoms with van der Waals surface area (Å²) in [5.41, 5.74) is 0.599. The lowest BCUT2D eigenvalue weighted by molar-refractivity contribution is -0.128. The first-order chi connectivity index (χ1) is 16.4. The number of carbonyl (C=O) groups is 2. The maximum absolute atomic E-state index is 13.8. The average molecular weight is 489 g/mol. The molecule has 4 rings (SSSR count). The maximum atomic E-state index is 13.8. The third-order valence-electron chi connectivity index (χ3n) is 5.53. The van der Waals surface area contributed by atoms with Gasteiger partial charge in [-0.2, -0.15) is 0 Å². The molecule has 0 atom stereocenters. The zero-order valence-electron chi connectivity index (χ0n) is 18.3. The summed E-state index contributed by atoms with van der Waals surface area (Å²) < 4.78 is 40.4. The molecular formula is C24H23F3N4O2S. The van der Waals surface area contributed by atoms with Gasteiger partial charge in [0.15, 0.2) is 0 Å². The van der Waals surface area contributed by atoms with Crippen molar-refractivity contribution >= 4 is 40.2 Å². The highest BCUT2D eigenvalue weighted by atomic mass is 32.2. The van der Waals surface area contributed by atoms with Crippen LogP contribution in [0, 0.1) is 17.5 Å². The summed E-state index contributed by atoms with van der Waals surface area (Å²) in [7, 11) is 0. The van der Waals surface area contributed by atoms with E-state index in [1.807, 2.05) is 4.90 Å². The summed E-state index contributed by atoms with van der Waals surface area (Å²) in [6, 6.07) is 9.14. The number of rotatable bonds is 6. The molecule has 10 heteroatoms. The standard InChI is InChI=1S/C24H23F3N4O2S/c25-16-2-4-20-18(12-16)22(6-7-28-20)34-15-24(33)31-9-1-8-30(10-11-31)14-23(32)29-21-5-3-17(26)13-19(21)27/h2-7,12-13H,1,8-11,14-15H2,(H,29,32). The van der Waals surface area contributed by atoms with Gasteiger partial charge >= 0.3 is 0 Å². The summed E-state index contributed by atoms with van der Waals surface area (Å²) >= 11 is 1.34. The van der Waals surface area contributed by atoms with Gasteiger partial charge in [0.1, 0.15) is 17.5 Å². The Balaban J connectivity index is 1.29. The van der Waals surface area contributed by atoms with Crippen LogP contribution in [0.3, 0.4) is 0 Å². The average Bonchev–Trinajstić information content (AvgIpc) is 3.05. The molecular weight excluding hydrogens is 465 g/mol. The normalized spacial score (nSPS) is 14.7. The van der Waals surface area contributed by atoms with Gasteiger partial charge < -0.3 is 10.2 Å². The van der Waals surface area contributed by atoms with Crippen LogP contribution in [-0.2, 0) is 9.59 Å². The Labute approximate surface area is 199 Å². The monoisotopic (exact) mass is 488 g/mol. The second-order valence-electron chi connectivity index (χ2n) is 7.94. The number of aromatic nitrogens is 1. The minimum atomic E-state index is -0.830. The van der Waals surface area contributed by atoms with Gasteiger partial charge in [0.2, 0.25) is 11.8 Å². The summed E-state index contributed by atoms with van der Waals surface area (Å²) in [6.07, 6.45) is 2.33. The summed E-state index contributed by atoms with van der Waals surface area (Å²) in [5, 5.41) is 3.13. The highest BCUT2D eigenvalue weighted by molar-refractivity contribution is 8.00. The minimum absolute atomic E-state index is 0.0361. The second kappa shape index (κ2) is 10.9. The van der Waals surface area contributed by atoms with Gasteiger partial charge in [-0.1, -0.05) is 0 Å². The number of nitrogens with one attached hydrogen (secondary N) is 1. The predicted molar refractivity (Wildman–Crippen MR) is 125 cm³/mol. The molecule has 0 radical (unpaired) electrons. The molecule has 6 nitrogen and oxygen atoms in total. The number of halogens is 3. The number of hydrogen-bond donors (Lipinski definition) is 1. The van der Waals surface area contributed by atoms with Crippen molar-refractivity contribution in [2.24, 2.45) is 0 Å². The van der Waals surface area contributed by atoms with Crippen molar-refractivity contribution in [3.05, 3.63) is 66.1 Å². The lowest BCUT2D eigenvalue weighted by Gasteiger charge is -2.22. The number of nitrogens with zero attached hydrogens (tertiary/aromatic N) is 3.